The van der Waals surface area contributed by atoms with Crippen molar-refractivity contribution < 1.29 is 22.8 Å². The number of halogens is 3. The van der Waals surface area contributed by atoms with Crippen molar-refractivity contribution in [1.29, 1.82) is 0 Å². The summed E-state index contributed by atoms with van der Waals surface area (Å²) in [6.07, 6.45) is -2.27. The molecule has 4 heterocycles. The topological polar surface area (TPSA) is 119 Å². The highest BCUT2D eigenvalue weighted by Crippen LogP contribution is 2.40. The van der Waals surface area contributed by atoms with Crippen LogP contribution in [0.5, 0.6) is 0 Å². The molecule has 10 nitrogen and oxygen atoms in total. The summed E-state index contributed by atoms with van der Waals surface area (Å²) in [5.41, 5.74) is 2.05. The predicted molar refractivity (Wildman–Crippen MR) is 149 cm³/mol. The first-order chi connectivity index (χ1) is 20.1. The van der Waals surface area contributed by atoms with E-state index in [1.807, 2.05) is 13.0 Å². The Kier molecular flexibility index (Phi) is 7.49. The fraction of sp³-hybridized carbons (Fsp3) is 0.483. The second-order valence-corrected chi connectivity index (χ2v) is 11.2. The zero-order chi connectivity index (χ0) is 29.4. The van der Waals surface area contributed by atoms with E-state index in [1.165, 1.54) is 4.90 Å². The standard InChI is InChI=1S/C29H31F3N8O2/c1-17-16-40(13-10-33-17)28(42)27-34-22-6-2-18(3-7-25(41)39-11-8-20(9-12-39)29(30,31)32)14-21(22)26(36-27)35-24-15-23(37-38-24)19-4-5-19/h2,6,14-15,17,19-20,33H,4-5,8-13,16H2,1H3,(H2,34,35,36,37,38)/t17-/m1/s1. The number of carbonyl (C=O) groups excluding carboxylic acids is 2. The number of fused-ring (bicyclic) bond motifs is 1. The zero-order valence-electron chi connectivity index (χ0n) is 23.1. The van der Waals surface area contributed by atoms with Crippen LogP contribution in [0.15, 0.2) is 24.3 Å². The van der Waals surface area contributed by atoms with Crippen LogP contribution in [0.25, 0.3) is 10.9 Å². The first-order valence-electron chi connectivity index (χ1n) is 14.2. The summed E-state index contributed by atoms with van der Waals surface area (Å²) in [6, 6.07) is 7.21. The summed E-state index contributed by atoms with van der Waals surface area (Å²) >= 11 is 0. The molecule has 2 saturated heterocycles. The molecule has 6 rings (SSSR count). The lowest BCUT2D eigenvalue weighted by molar-refractivity contribution is -0.185. The number of hydrogen-bond donors (Lipinski definition) is 3. The van der Waals surface area contributed by atoms with Gasteiger partial charge < -0.3 is 20.4 Å². The van der Waals surface area contributed by atoms with Crippen molar-refractivity contribution in [3.63, 3.8) is 0 Å². The van der Waals surface area contributed by atoms with Crippen molar-refractivity contribution in [3.8, 4) is 11.8 Å². The van der Waals surface area contributed by atoms with Crippen LogP contribution in [-0.2, 0) is 4.79 Å². The molecule has 1 atom stereocenters. The Hall–Kier alpha value is -4.18. The molecule has 220 valence electrons. The van der Waals surface area contributed by atoms with Crippen LogP contribution in [0.1, 0.15) is 60.4 Å². The number of amides is 2. The average molecular weight is 581 g/mol. The van der Waals surface area contributed by atoms with Gasteiger partial charge in [0.1, 0.15) is 5.82 Å². The van der Waals surface area contributed by atoms with Gasteiger partial charge in [0.15, 0.2) is 5.82 Å². The molecule has 2 aromatic heterocycles. The number of alkyl halides is 3. The van der Waals surface area contributed by atoms with Crippen LogP contribution in [-0.4, -0.2) is 86.7 Å². The van der Waals surface area contributed by atoms with Crippen LogP contribution < -0.4 is 10.6 Å². The number of carbonyl (C=O) groups is 2. The second-order valence-electron chi connectivity index (χ2n) is 11.2. The third-order valence-electron chi connectivity index (χ3n) is 7.96. The smallest absolute Gasteiger partial charge is 0.333 e. The number of aromatic amines is 1. The van der Waals surface area contributed by atoms with E-state index in [4.69, 9.17) is 0 Å². The highest BCUT2D eigenvalue weighted by molar-refractivity contribution is 5.98. The van der Waals surface area contributed by atoms with Gasteiger partial charge in [0.05, 0.1) is 11.4 Å². The molecule has 0 bridgehead atoms. The van der Waals surface area contributed by atoms with E-state index < -0.39 is 18.0 Å². The molecule has 2 amide bonds. The number of rotatable bonds is 4. The van der Waals surface area contributed by atoms with E-state index in [-0.39, 0.29) is 43.7 Å². The quantitative estimate of drug-likeness (QED) is 0.404. The number of piperidine rings is 1. The fourth-order valence-corrected chi connectivity index (χ4v) is 5.40. The van der Waals surface area contributed by atoms with Gasteiger partial charge in [-0.25, -0.2) is 9.97 Å². The molecule has 3 N–H and O–H groups in total. The monoisotopic (exact) mass is 580 g/mol. The molecule has 1 aliphatic carbocycles. The maximum Gasteiger partial charge on any atom is 0.391 e. The minimum Gasteiger partial charge on any atom is -0.333 e. The third-order valence-corrected chi connectivity index (χ3v) is 7.96. The van der Waals surface area contributed by atoms with Crippen molar-refractivity contribution in [2.45, 2.75) is 50.7 Å². The van der Waals surface area contributed by atoms with Crippen molar-refractivity contribution >= 4 is 34.4 Å². The average Bonchev–Trinajstić information content (AvgIpc) is 3.73. The van der Waals surface area contributed by atoms with Crippen molar-refractivity contribution in [3.05, 3.63) is 41.3 Å². The highest BCUT2D eigenvalue weighted by Gasteiger charge is 2.41. The number of nitrogens with one attached hydrogen (secondary N) is 3. The summed E-state index contributed by atoms with van der Waals surface area (Å²) in [5.74, 6) is 4.71. The maximum absolute atomic E-state index is 13.4. The number of piperazine rings is 1. The first-order valence-corrected chi connectivity index (χ1v) is 14.2. The molecule has 3 fully saturated rings. The highest BCUT2D eigenvalue weighted by atomic mass is 19.4. The lowest BCUT2D eigenvalue weighted by Gasteiger charge is -2.31. The molecule has 1 aromatic carbocycles. The molecule has 1 saturated carbocycles. The first kappa shape index (κ1) is 28.0. The molecule has 2 aliphatic heterocycles. The number of H-pyrrole nitrogens is 1. The van der Waals surface area contributed by atoms with Gasteiger partial charge in [0, 0.05) is 73.3 Å². The minimum absolute atomic E-state index is 0.0203. The number of benzene rings is 1. The molecule has 0 radical (unpaired) electrons. The lowest BCUT2D eigenvalue weighted by Crippen LogP contribution is -2.51. The summed E-state index contributed by atoms with van der Waals surface area (Å²) < 4.78 is 38.9. The predicted octanol–water partition coefficient (Wildman–Crippen LogP) is 3.56. The number of anilines is 2. The van der Waals surface area contributed by atoms with Gasteiger partial charge >= 0.3 is 6.18 Å². The normalized spacial score (nSPS) is 19.9. The Morgan fingerprint density at radius 3 is 2.55 bits per heavy atom. The van der Waals surface area contributed by atoms with Gasteiger partial charge in [-0.05, 0) is 50.8 Å². The zero-order valence-corrected chi connectivity index (χ0v) is 23.1. The van der Waals surface area contributed by atoms with Crippen LogP contribution in [0, 0.1) is 17.8 Å². The van der Waals surface area contributed by atoms with E-state index in [0.29, 0.717) is 53.7 Å². The van der Waals surface area contributed by atoms with Crippen LogP contribution in [0.2, 0.25) is 0 Å². The molecule has 13 heteroatoms. The van der Waals surface area contributed by atoms with E-state index in [0.717, 1.165) is 18.5 Å². The fourth-order valence-electron chi connectivity index (χ4n) is 5.40. The third kappa shape index (κ3) is 6.18. The summed E-state index contributed by atoms with van der Waals surface area (Å²) in [6.45, 7) is 3.83. The number of likely N-dealkylation sites (tertiary alicyclic amines) is 1. The van der Waals surface area contributed by atoms with Gasteiger partial charge in [0.2, 0.25) is 5.82 Å². The Bertz CT molecular complexity index is 1560. The molecule has 3 aromatic rings. The van der Waals surface area contributed by atoms with Gasteiger partial charge in [-0.3, -0.25) is 14.7 Å². The van der Waals surface area contributed by atoms with Crippen molar-refractivity contribution in [2.24, 2.45) is 5.92 Å². The number of aromatic nitrogens is 4. The maximum atomic E-state index is 13.4. The van der Waals surface area contributed by atoms with E-state index in [1.54, 1.807) is 23.1 Å². The summed E-state index contributed by atoms with van der Waals surface area (Å²) in [5, 5.41) is 14.5. The van der Waals surface area contributed by atoms with E-state index in [2.05, 4.69) is 42.6 Å². The number of nitrogens with zero attached hydrogens (tertiary/aromatic N) is 5. The van der Waals surface area contributed by atoms with E-state index in [9.17, 15) is 22.8 Å². The van der Waals surface area contributed by atoms with Gasteiger partial charge in [-0.15, -0.1) is 0 Å². The van der Waals surface area contributed by atoms with Gasteiger partial charge in [-0.2, -0.15) is 18.3 Å². The Labute approximate surface area is 240 Å². The number of hydrogen-bond acceptors (Lipinski definition) is 7. The molecule has 0 unspecified atom stereocenters. The molecule has 42 heavy (non-hydrogen) atoms. The van der Waals surface area contributed by atoms with Crippen molar-refractivity contribution in [2.75, 3.05) is 38.0 Å². The molecular formula is C29H31F3N8O2. The van der Waals surface area contributed by atoms with Gasteiger partial charge in [0.25, 0.3) is 11.8 Å². The molecule has 0 spiro atoms. The largest absolute Gasteiger partial charge is 0.391 e. The minimum atomic E-state index is -4.25. The SMILES string of the molecule is C[C@@H]1CN(C(=O)c2nc(Nc3cc(C4CC4)[nH]n3)c3cc(C#CC(=O)N4CCC(C(F)(F)F)CC4)ccc3n2)CCN1. The van der Waals surface area contributed by atoms with Crippen LogP contribution in [0.4, 0.5) is 24.8 Å². The molecular weight excluding hydrogens is 549 g/mol. The Morgan fingerprint density at radius 1 is 1.05 bits per heavy atom. The lowest BCUT2D eigenvalue weighted by atomic mass is 9.96. The molecule has 3 aliphatic rings. The van der Waals surface area contributed by atoms with Gasteiger partial charge in [-0.1, -0.05) is 5.92 Å². The van der Waals surface area contributed by atoms with Crippen molar-refractivity contribution in [1.82, 2.24) is 35.3 Å². The second kappa shape index (κ2) is 11.2. The Balaban J connectivity index is 1.27. The summed E-state index contributed by atoms with van der Waals surface area (Å²) in [4.78, 5) is 38.2. The van der Waals surface area contributed by atoms with Crippen LogP contribution in [0.3, 0.4) is 0 Å². The van der Waals surface area contributed by atoms with E-state index >= 15 is 0 Å². The van der Waals surface area contributed by atoms with Crippen LogP contribution >= 0.6 is 0 Å². The summed E-state index contributed by atoms with van der Waals surface area (Å²) in [7, 11) is 0. The Morgan fingerprint density at radius 2 is 1.83 bits per heavy atom.